The van der Waals surface area contributed by atoms with Crippen LogP contribution in [0.15, 0.2) is 53.0 Å². The molecular formula is C19H17BrN2O4. The van der Waals surface area contributed by atoms with Gasteiger partial charge in [0.05, 0.1) is 13.7 Å². The number of urea groups is 1. The number of nitrogens with zero attached hydrogens (tertiary/aromatic N) is 1. The summed E-state index contributed by atoms with van der Waals surface area (Å²) in [5, 5.41) is 2.69. The van der Waals surface area contributed by atoms with Gasteiger partial charge >= 0.3 is 6.03 Å². The number of hydrogen-bond donors (Lipinski definition) is 1. The Bertz CT molecular complexity index is 864. The zero-order valence-electron chi connectivity index (χ0n) is 14.3. The van der Waals surface area contributed by atoms with Crippen molar-refractivity contribution in [3.63, 3.8) is 0 Å². The minimum atomic E-state index is -1.22. The molecule has 1 heterocycles. The lowest BCUT2D eigenvalue weighted by Gasteiger charge is -2.22. The van der Waals surface area contributed by atoms with Gasteiger partial charge in [0.2, 0.25) is 0 Å². The number of rotatable bonds is 5. The molecule has 1 unspecified atom stereocenters. The van der Waals surface area contributed by atoms with Crippen LogP contribution in [0, 0.1) is 0 Å². The van der Waals surface area contributed by atoms with E-state index in [-0.39, 0.29) is 12.3 Å². The highest BCUT2D eigenvalue weighted by atomic mass is 79.9. The Hall–Kier alpha value is -2.67. The first-order chi connectivity index (χ1) is 12.3. The van der Waals surface area contributed by atoms with Crippen LogP contribution in [0.4, 0.5) is 4.79 Å². The maximum absolute atomic E-state index is 12.9. The summed E-state index contributed by atoms with van der Waals surface area (Å²) in [4.78, 5) is 38.6. The van der Waals surface area contributed by atoms with Crippen LogP contribution in [-0.2, 0) is 10.3 Å². The van der Waals surface area contributed by atoms with Crippen LogP contribution in [0.3, 0.4) is 0 Å². The summed E-state index contributed by atoms with van der Waals surface area (Å²) in [6, 6.07) is 13.1. The third-order valence-corrected chi connectivity index (χ3v) is 4.94. The molecule has 0 spiro atoms. The molecule has 26 heavy (non-hydrogen) atoms. The first-order valence-electron chi connectivity index (χ1n) is 7.92. The van der Waals surface area contributed by atoms with Gasteiger partial charge in [-0.3, -0.25) is 14.5 Å². The van der Waals surface area contributed by atoms with E-state index in [0.717, 1.165) is 9.37 Å². The van der Waals surface area contributed by atoms with Crippen LogP contribution < -0.4 is 10.1 Å². The van der Waals surface area contributed by atoms with Crippen molar-refractivity contribution in [3.05, 3.63) is 64.1 Å². The number of ketones is 1. The standard InChI is InChI=1S/C19H17BrN2O4/c1-19(13-5-9-15(26-2)10-6-13)17(24)22(18(25)21-19)11-16(23)12-3-7-14(20)8-4-12/h3-10H,11H2,1-2H3,(H,21,25). The number of imide groups is 1. The first-order valence-corrected chi connectivity index (χ1v) is 8.72. The molecule has 1 N–H and O–H groups in total. The largest absolute Gasteiger partial charge is 0.497 e. The first kappa shape index (κ1) is 18.1. The highest BCUT2D eigenvalue weighted by Crippen LogP contribution is 2.30. The molecular weight excluding hydrogens is 400 g/mol. The number of amides is 3. The molecule has 3 amide bonds. The minimum absolute atomic E-state index is 0.306. The lowest BCUT2D eigenvalue weighted by atomic mass is 9.92. The monoisotopic (exact) mass is 416 g/mol. The van der Waals surface area contributed by atoms with Crippen molar-refractivity contribution in [3.8, 4) is 5.75 Å². The molecule has 0 saturated carbocycles. The fraction of sp³-hybridized carbons (Fsp3) is 0.211. The van der Waals surface area contributed by atoms with Crippen LogP contribution in [0.2, 0.25) is 0 Å². The molecule has 1 aliphatic rings. The number of Topliss-reactive ketones (excluding diaryl/α,β-unsaturated/α-hetero) is 1. The Balaban J connectivity index is 1.81. The normalized spacial score (nSPS) is 19.4. The number of hydrogen-bond acceptors (Lipinski definition) is 4. The van der Waals surface area contributed by atoms with Gasteiger partial charge < -0.3 is 10.1 Å². The average Bonchev–Trinajstić information content (AvgIpc) is 2.86. The number of methoxy groups -OCH3 is 1. The van der Waals surface area contributed by atoms with Gasteiger partial charge in [-0.05, 0) is 36.8 Å². The van der Waals surface area contributed by atoms with Crippen LogP contribution in [-0.4, -0.2) is 36.3 Å². The van der Waals surface area contributed by atoms with Gasteiger partial charge in [0.1, 0.15) is 11.3 Å². The second kappa shape index (κ2) is 6.92. The van der Waals surface area contributed by atoms with E-state index in [2.05, 4.69) is 21.2 Å². The van der Waals surface area contributed by atoms with E-state index < -0.39 is 17.5 Å². The van der Waals surface area contributed by atoms with E-state index in [1.54, 1.807) is 62.6 Å². The summed E-state index contributed by atoms with van der Waals surface area (Å²) in [6.07, 6.45) is 0. The molecule has 1 atom stereocenters. The molecule has 1 fully saturated rings. The summed E-state index contributed by atoms with van der Waals surface area (Å²) >= 11 is 3.30. The lowest BCUT2D eigenvalue weighted by Crippen LogP contribution is -2.41. The third-order valence-electron chi connectivity index (χ3n) is 4.41. The number of carbonyl (C=O) groups is 3. The topological polar surface area (TPSA) is 75.7 Å². The Kier molecular flexibility index (Phi) is 4.82. The van der Waals surface area contributed by atoms with E-state index in [4.69, 9.17) is 4.74 Å². The molecule has 7 heteroatoms. The molecule has 2 aromatic rings. The molecule has 134 valence electrons. The fourth-order valence-electron chi connectivity index (χ4n) is 2.83. The van der Waals surface area contributed by atoms with Crippen molar-refractivity contribution in [1.29, 1.82) is 0 Å². The molecule has 1 saturated heterocycles. The summed E-state index contributed by atoms with van der Waals surface area (Å²) < 4.78 is 5.96. The van der Waals surface area contributed by atoms with Gasteiger partial charge in [-0.2, -0.15) is 0 Å². The van der Waals surface area contributed by atoms with Gasteiger partial charge in [0.15, 0.2) is 5.78 Å². The van der Waals surface area contributed by atoms with Gasteiger partial charge in [0.25, 0.3) is 5.91 Å². The Morgan fingerprint density at radius 1 is 1.12 bits per heavy atom. The van der Waals surface area contributed by atoms with E-state index in [1.165, 1.54) is 0 Å². The minimum Gasteiger partial charge on any atom is -0.497 e. The van der Waals surface area contributed by atoms with Gasteiger partial charge in [0, 0.05) is 10.0 Å². The van der Waals surface area contributed by atoms with Gasteiger partial charge in [-0.1, -0.05) is 40.2 Å². The molecule has 3 rings (SSSR count). The van der Waals surface area contributed by atoms with Crippen molar-refractivity contribution >= 4 is 33.7 Å². The van der Waals surface area contributed by atoms with E-state index in [1.807, 2.05) is 0 Å². The molecule has 2 aromatic carbocycles. The number of nitrogens with one attached hydrogen (secondary N) is 1. The molecule has 0 aliphatic carbocycles. The summed E-state index contributed by atoms with van der Waals surface area (Å²) in [7, 11) is 1.55. The summed E-state index contributed by atoms with van der Waals surface area (Å²) in [6.45, 7) is 1.32. The van der Waals surface area contributed by atoms with Crippen LogP contribution in [0.1, 0.15) is 22.8 Å². The van der Waals surface area contributed by atoms with Crippen molar-refractivity contribution in [2.45, 2.75) is 12.5 Å². The SMILES string of the molecule is COc1ccc(C2(C)NC(=O)N(CC(=O)c3ccc(Br)cc3)C2=O)cc1. The predicted octanol–water partition coefficient (Wildman–Crippen LogP) is 3.11. The Morgan fingerprint density at radius 3 is 2.31 bits per heavy atom. The highest BCUT2D eigenvalue weighted by molar-refractivity contribution is 9.10. The second-order valence-corrected chi connectivity index (χ2v) is 7.02. The Labute approximate surface area is 159 Å². The maximum Gasteiger partial charge on any atom is 0.325 e. The molecule has 1 aliphatic heterocycles. The Morgan fingerprint density at radius 2 is 1.73 bits per heavy atom. The van der Waals surface area contributed by atoms with Crippen LogP contribution in [0.25, 0.3) is 0 Å². The van der Waals surface area contributed by atoms with Crippen LogP contribution in [0.5, 0.6) is 5.75 Å². The fourth-order valence-corrected chi connectivity index (χ4v) is 3.10. The van der Waals surface area contributed by atoms with Crippen molar-refractivity contribution < 1.29 is 19.1 Å². The van der Waals surface area contributed by atoms with E-state index in [9.17, 15) is 14.4 Å². The number of carbonyl (C=O) groups excluding carboxylic acids is 3. The molecule has 0 radical (unpaired) electrons. The molecule has 0 bridgehead atoms. The predicted molar refractivity (Wildman–Crippen MR) is 99.1 cm³/mol. The van der Waals surface area contributed by atoms with E-state index in [0.29, 0.717) is 16.9 Å². The maximum atomic E-state index is 12.9. The number of ether oxygens (including phenoxy) is 1. The average molecular weight is 417 g/mol. The molecule has 6 nitrogen and oxygen atoms in total. The molecule has 0 aromatic heterocycles. The van der Waals surface area contributed by atoms with Gasteiger partial charge in [-0.15, -0.1) is 0 Å². The number of benzene rings is 2. The summed E-state index contributed by atoms with van der Waals surface area (Å²) in [5.41, 5.74) is -0.161. The van der Waals surface area contributed by atoms with Crippen LogP contribution >= 0.6 is 15.9 Å². The summed E-state index contributed by atoms with van der Waals surface area (Å²) in [5.74, 6) is -0.116. The number of halogens is 1. The zero-order valence-corrected chi connectivity index (χ0v) is 15.9. The second-order valence-electron chi connectivity index (χ2n) is 6.11. The van der Waals surface area contributed by atoms with Crippen molar-refractivity contribution in [1.82, 2.24) is 10.2 Å². The van der Waals surface area contributed by atoms with Gasteiger partial charge in [-0.25, -0.2) is 4.79 Å². The quantitative estimate of drug-likeness (QED) is 0.599. The third kappa shape index (κ3) is 3.22. The highest BCUT2D eigenvalue weighted by Gasteiger charge is 2.49. The van der Waals surface area contributed by atoms with Crippen molar-refractivity contribution in [2.75, 3.05) is 13.7 Å². The van der Waals surface area contributed by atoms with E-state index >= 15 is 0 Å². The smallest absolute Gasteiger partial charge is 0.325 e. The lowest BCUT2D eigenvalue weighted by molar-refractivity contribution is -0.130. The zero-order chi connectivity index (χ0) is 18.9. The van der Waals surface area contributed by atoms with Crippen molar-refractivity contribution in [2.24, 2.45) is 0 Å².